The highest BCUT2D eigenvalue weighted by Gasteiger charge is 2.16. The van der Waals surface area contributed by atoms with Crippen molar-refractivity contribution < 1.29 is 9.53 Å². The molecule has 0 radical (unpaired) electrons. The second-order valence-electron chi connectivity index (χ2n) is 4.02. The van der Waals surface area contributed by atoms with Crippen molar-refractivity contribution in [2.45, 2.75) is 13.0 Å². The molecule has 1 unspecified atom stereocenters. The predicted octanol–water partition coefficient (Wildman–Crippen LogP) is 2.59. The Morgan fingerprint density at radius 1 is 1.42 bits per heavy atom. The first-order chi connectivity index (χ1) is 9.08. The smallest absolute Gasteiger partial charge is 0.266 e. The van der Waals surface area contributed by atoms with E-state index in [2.05, 4.69) is 26.3 Å². The Balaban J connectivity index is 2.00. The van der Waals surface area contributed by atoms with Gasteiger partial charge in [0, 0.05) is 13.1 Å². The maximum Gasteiger partial charge on any atom is 0.266 e. The Kier molecular flexibility index (Phi) is 4.21. The highest BCUT2D eigenvalue weighted by molar-refractivity contribution is 9.10. The minimum atomic E-state index is -0.603. The van der Waals surface area contributed by atoms with E-state index < -0.39 is 6.10 Å². The standard InChI is InChI=1S/C13H14BrN3O2/c1-9(19-11-6-4-3-5-10(11)14)13(18)16-12-7-8-15-17(12)2/h3-9H,1-2H3,(H,16,18). The van der Waals surface area contributed by atoms with Crippen molar-refractivity contribution in [1.29, 1.82) is 0 Å². The van der Waals surface area contributed by atoms with E-state index in [9.17, 15) is 4.79 Å². The van der Waals surface area contributed by atoms with Crippen molar-refractivity contribution in [2.24, 2.45) is 7.05 Å². The van der Waals surface area contributed by atoms with Crippen LogP contribution in [0.25, 0.3) is 0 Å². The fraction of sp³-hybridized carbons (Fsp3) is 0.231. The van der Waals surface area contributed by atoms with Crippen molar-refractivity contribution in [3.05, 3.63) is 41.0 Å². The van der Waals surface area contributed by atoms with Crippen LogP contribution in [0.5, 0.6) is 5.75 Å². The summed E-state index contributed by atoms with van der Waals surface area (Å²) in [5.74, 6) is 1.04. The number of hydrogen-bond donors (Lipinski definition) is 1. The summed E-state index contributed by atoms with van der Waals surface area (Å²) in [7, 11) is 1.76. The van der Waals surface area contributed by atoms with Gasteiger partial charge in [0.25, 0.3) is 5.91 Å². The number of anilines is 1. The largest absolute Gasteiger partial charge is 0.480 e. The van der Waals surface area contributed by atoms with Crippen molar-refractivity contribution in [2.75, 3.05) is 5.32 Å². The van der Waals surface area contributed by atoms with Crippen LogP contribution >= 0.6 is 15.9 Å². The lowest BCUT2D eigenvalue weighted by Crippen LogP contribution is -2.30. The summed E-state index contributed by atoms with van der Waals surface area (Å²) in [5.41, 5.74) is 0. The first-order valence-corrected chi connectivity index (χ1v) is 6.57. The quantitative estimate of drug-likeness (QED) is 0.940. The normalized spacial score (nSPS) is 11.9. The van der Waals surface area contributed by atoms with Gasteiger partial charge >= 0.3 is 0 Å². The van der Waals surface area contributed by atoms with Crippen molar-refractivity contribution >= 4 is 27.7 Å². The van der Waals surface area contributed by atoms with Crippen LogP contribution in [0.3, 0.4) is 0 Å². The van der Waals surface area contributed by atoms with E-state index in [1.54, 1.807) is 37.0 Å². The number of hydrogen-bond acceptors (Lipinski definition) is 3. The average molecular weight is 324 g/mol. The molecule has 100 valence electrons. The molecule has 1 aromatic heterocycles. The van der Waals surface area contributed by atoms with Crippen LogP contribution in [-0.2, 0) is 11.8 Å². The third kappa shape index (κ3) is 3.35. The Morgan fingerprint density at radius 2 is 2.16 bits per heavy atom. The summed E-state index contributed by atoms with van der Waals surface area (Å²) in [6, 6.07) is 9.13. The van der Waals surface area contributed by atoms with Crippen LogP contribution in [-0.4, -0.2) is 21.8 Å². The van der Waals surface area contributed by atoms with Gasteiger partial charge in [-0.2, -0.15) is 5.10 Å². The number of amides is 1. The Morgan fingerprint density at radius 3 is 2.79 bits per heavy atom. The fourth-order valence-electron chi connectivity index (χ4n) is 1.51. The second kappa shape index (κ2) is 5.88. The molecule has 0 saturated carbocycles. The summed E-state index contributed by atoms with van der Waals surface area (Å²) in [6.45, 7) is 1.70. The van der Waals surface area contributed by atoms with E-state index in [1.807, 2.05) is 18.2 Å². The molecule has 0 fully saturated rings. The van der Waals surface area contributed by atoms with E-state index in [0.29, 0.717) is 11.6 Å². The van der Waals surface area contributed by atoms with Crippen LogP contribution in [0.1, 0.15) is 6.92 Å². The molecule has 0 spiro atoms. The van der Waals surface area contributed by atoms with Gasteiger partial charge in [0.2, 0.25) is 0 Å². The van der Waals surface area contributed by atoms with Crippen molar-refractivity contribution in [3.63, 3.8) is 0 Å². The number of carbonyl (C=O) groups excluding carboxylic acids is 1. The summed E-state index contributed by atoms with van der Waals surface area (Å²) in [4.78, 5) is 12.0. The first-order valence-electron chi connectivity index (χ1n) is 5.78. The van der Waals surface area contributed by atoms with Crippen LogP contribution in [0.4, 0.5) is 5.82 Å². The van der Waals surface area contributed by atoms with Gasteiger partial charge in [-0.15, -0.1) is 0 Å². The van der Waals surface area contributed by atoms with E-state index in [1.165, 1.54) is 0 Å². The number of carbonyl (C=O) groups is 1. The highest BCUT2D eigenvalue weighted by atomic mass is 79.9. The third-order valence-corrected chi connectivity index (χ3v) is 3.24. The predicted molar refractivity (Wildman–Crippen MR) is 76.1 cm³/mol. The number of para-hydroxylation sites is 1. The monoisotopic (exact) mass is 323 g/mol. The molecule has 0 aliphatic carbocycles. The fourth-order valence-corrected chi connectivity index (χ4v) is 1.89. The summed E-state index contributed by atoms with van der Waals surface area (Å²) >= 11 is 3.38. The van der Waals surface area contributed by atoms with Crippen molar-refractivity contribution in [1.82, 2.24) is 9.78 Å². The average Bonchev–Trinajstić information content (AvgIpc) is 2.78. The Hall–Kier alpha value is -1.82. The van der Waals surface area contributed by atoms with Gasteiger partial charge in [-0.3, -0.25) is 9.48 Å². The lowest BCUT2D eigenvalue weighted by atomic mass is 10.3. The number of nitrogens with one attached hydrogen (secondary N) is 1. The Labute approximate surface area is 119 Å². The SMILES string of the molecule is CC(Oc1ccccc1Br)C(=O)Nc1ccnn1C. The van der Waals surface area contributed by atoms with Gasteiger partial charge in [-0.05, 0) is 35.0 Å². The molecule has 1 heterocycles. The minimum absolute atomic E-state index is 0.223. The van der Waals surface area contributed by atoms with Crippen molar-refractivity contribution in [3.8, 4) is 5.75 Å². The third-order valence-electron chi connectivity index (χ3n) is 2.58. The van der Waals surface area contributed by atoms with Gasteiger partial charge in [0.15, 0.2) is 6.10 Å². The molecule has 1 aromatic carbocycles. The molecule has 0 aliphatic heterocycles. The van der Waals surface area contributed by atoms with Crippen LogP contribution < -0.4 is 10.1 Å². The number of aromatic nitrogens is 2. The molecule has 6 heteroatoms. The van der Waals surface area contributed by atoms with E-state index in [0.717, 1.165) is 4.47 Å². The minimum Gasteiger partial charge on any atom is -0.480 e. The molecule has 0 saturated heterocycles. The van der Waals surface area contributed by atoms with Crippen LogP contribution in [0.2, 0.25) is 0 Å². The van der Waals surface area contributed by atoms with Crippen LogP contribution in [0, 0.1) is 0 Å². The summed E-state index contributed by atoms with van der Waals surface area (Å²) in [6.07, 6.45) is 1.02. The molecule has 1 amide bonds. The van der Waals surface area contributed by atoms with Gasteiger partial charge < -0.3 is 10.1 Å². The summed E-state index contributed by atoms with van der Waals surface area (Å²) < 4.78 is 8.01. The maximum atomic E-state index is 12.0. The molecule has 5 nitrogen and oxygen atoms in total. The lowest BCUT2D eigenvalue weighted by Gasteiger charge is -2.15. The number of nitrogens with zero attached hydrogens (tertiary/aromatic N) is 2. The summed E-state index contributed by atoms with van der Waals surface area (Å²) in [5, 5.41) is 6.73. The maximum absolute atomic E-state index is 12.0. The van der Waals surface area contributed by atoms with Gasteiger partial charge in [-0.1, -0.05) is 12.1 Å². The molecule has 1 atom stereocenters. The molecule has 2 rings (SSSR count). The molecule has 2 aromatic rings. The number of halogens is 1. The second-order valence-corrected chi connectivity index (χ2v) is 4.87. The molecule has 0 bridgehead atoms. The van der Waals surface area contributed by atoms with Crippen LogP contribution in [0.15, 0.2) is 41.0 Å². The van der Waals surface area contributed by atoms with E-state index in [-0.39, 0.29) is 5.91 Å². The van der Waals surface area contributed by atoms with Gasteiger partial charge in [0.1, 0.15) is 11.6 Å². The number of benzene rings is 1. The molecule has 0 aliphatic rings. The molecule has 19 heavy (non-hydrogen) atoms. The zero-order valence-corrected chi connectivity index (χ0v) is 12.2. The lowest BCUT2D eigenvalue weighted by molar-refractivity contribution is -0.122. The zero-order valence-electron chi connectivity index (χ0n) is 10.6. The first kappa shape index (κ1) is 13.6. The number of aryl methyl sites for hydroxylation is 1. The van der Waals surface area contributed by atoms with E-state index in [4.69, 9.17) is 4.74 Å². The van der Waals surface area contributed by atoms with Gasteiger partial charge in [0.05, 0.1) is 10.7 Å². The molecular formula is C13H14BrN3O2. The van der Waals surface area contributed by atoms with Gasteiger partial charge in [-0.25, -0.2) is 0 Å². The molecule has 1 N–H and O–H groups in total. The number of ether oxygens (including phenoxy) is 1. The zero-order chi connectivity index (χ0) is 13.8. The van der Waals surface area contributed by atoms with E-state index >= 15 is 0 Å². The topological polar surface area (TPSA) is 56.1 Å². The Bertz CT molecular complexity index is 583. The number of rotatable bonds is 4. The molecular weight excluding hydrogens is 310 g/mol. The highest BCUT2D eigenvalue weighted by Crippen LogP contribution is 2.25.